The van der Waals surface area contributed by atoms with Crippen LogP contribution in [-0.4, -0.2) is 93.1 Å². The van der Waals surface area contributed by atoms with E-state index in [0.717, 1.165) is 41.6 Å². The van der Waals surface area contributed by atoms with Crippen LogP contribution in [0.2, 0.25) is 0 Å². The third kappa shape index (κ3) is 7.64. The normalized spacial score (nSPS) is 18.5. The zero-order valence-corrected chi connectivity index (χ0v) is 33.0. The number of aromatic nitrogens is 4. The van der Waals surface area contributed by atoms with Crippen molar-refractivity contribution < 1.29 is 37.8 Å². The standard InChI is InChI=1S/C41H49FN8O7/c1-21(2)33(47-40(53)55-5)38(51)49-15-7-9-30(49)36-43-18-28(45-36)23-11-12-25-24(17-23)20-57-35-26(25)13-14-27(32(35)42)29-19-44-37(46-29)31-10-8-16-50(31)39(52)34(22(3)4)48-41(54)56-6/h11-14,17-19,21-22,30-31,33-34H,7-10,15-16,20H2,1-6H3,(H,43,45)(H,44,46)(H,47,53)(H,48,54)/t30-,31-,33-,34?/m0/s1. The van der Waals surface area contributed by atoms with E-state index in [-0.39, 0.29) is 48.1 Å². The number of hydrogen-bond donors (Lipinski definition) is 4. The fourth-order valence-electron chi connectivity index (χ4n) is 8.09. The monoisotopic (exact) mass is 784 g/mol. The Balaban J connectivity index is 1.08. The summed E-state index contributed by atoms with van der Waals surface area (Å²) < 4.78 is 31.8. The molecule has 5 heterocycles. The average Bonchev–Trinajstić information content (AvgIpc) is 4.05. The van der Waals surface area contributed by atoms with Gasteiger partial charge in [0.2, 0.25) is 11.8 Å². The zero-order chi connectivity index (χ0) is 40.5. The van der Waals surface area contributed by atoms with E-state index in [1.54, 1.807) is 28.3 Å². The van der Waals surface area contributed by atoms with Gasteiger partial charge in [-0.05, 0) is 72.4 Å². The van der Waals surface area contributed by atoms with Crippen LogP contribution in [0.1, 0.15) is 82.7 Å². The summed E-state index contributed by atoms with van der Waals surface area (Å²) in [5.74, 6) is 0.118. The van der Waals surface area contributed by atoms with E-state index in [9.17, 15) is 19.2 Å². The number of ether oxygens (including phenoxy) is 3. The van der Waals surface area contributed by atoms with E-state index >= 15 is 4.39 Å². The second-order valence-electron chi connectivity index (χ2n) is 15.4. The van der Waals surface area contributed by atoms with Crippen molar-refractivity contribution in [3.63, 3.8) is 0 Å². The number of carbonyl (C=O) groups is 4. The van der Waals surface area contributed by atoms with Crippen LogP contribution < -0.4 is 15.4 Å². The molecule has 0 aliphatic carbocycles. The Hall–Kier alpha value is -5.93. The summed E-state index contributed by atoms with van der Waals surface area (Å²) in [5.41, 5.74) is 4.74. The van der Waals surface area contributed by atoms with E-state index < -0.39 is 30.1 Å². The molecule has 2 aromatic heterocycles. The minimum atomic E-state index is -0.763. The van der Waals surface area contributed by atoms with Crippen LogP contribution in [0.4, 0.5) is 14.0 Å². The molecule has 7 rings (SSSR count). The van der Waals surface area contributed by atoms with Crippen molar-refractivity contribution in [2.75, 3.05) is 27.3 Å². The number of hydrogen-bond acceptors (Lipinski definition) is 9. The highest BCUT2D eigenvalue weighted by atomic mass is 19.1. The first-order chi connectivity index (χ1) is 27.4. The highest BCUT2D eigenvalue weighted by molar-refractivity contribution is 5.87. The Morgan fingerprint density at radius 2 is 1.28 bits per heavy atom. The summed E-state index contributed by atoms with van der Waals surface area (Å²) in [5, 5.41) is 5.33. The molecule has 2 aromatic carbocycles. The van der Waals surface area contributed by atoms with Gasteiger partial charge in [0, 0.05) is 24.2 Å². The van der Waals surface area contributed by atoms with Crippen LogP contribution in [0.3, 0.4) is 0 Å². The summed E-state index contributed by atoms with van der Waals surface area (Å²) in [7, 11) is 2.53. The van der Waals surface area contributed by atoms with Gasteiger partial charge >= 0.3 is 12.2 Å². The van der Waals surface area contributed by atoms with Gasteiger partial charge in [-0.25, -0.2) is 23.9 Å². The van der Waals surface area contributed by atoms with Crippen molar-refractivity contribution in [3.05, 3.63) is 65.8 Å². The van der Waals surface area contributed by atoms with Crippen molar-refractivity contribution in [1.29, 1.82) is 0 Å². The lowest BCUT2D eigenvalue weighted by atomic mass is 9.93. The average molecular weight is 785 g/mol. The Kier molecular flexibility index (Phi) is 11.2. The van der Waals surface area contributed by atoms with Crippen LogP contribution in [0.25, 0.3) is 33.6 Å². The second kappa shape index (κ2) is 16.3. The lowest BCUT2D eigenvalue weighted by molar-refractivity contribution is -0.136. The van der Waals surface area contributed by atoms with Gasteiger partial charge in [-0.15, -0.1) is 0 Å². The molecule has 4 N–H and O–H groups in total. The molecular weight excluding hydrogens is 735 g/mol. The Labute approximate surface area is 330 Å². The maximum atomic E-state index is 16.3. The molecule has 3 aliphatic rings. The van der Waals surface area contributed by atoms with Crippen LogP contribution in [0.5, 0.6) is 5.75 Å². The second-order valence-corrected chi connectivity index (χ2v) is 15.4. The predicted octanol–water partition coefficient (Wildman–Crippen LogP) is 6.25. The minimum absolute atomic E-state index is 0.138. The number of imidazole rings is 2. The molecule has 2 saturated heterocycles. The highest BCUT2D eigenvalue weighted by Gasteiger charge is 2.39. The lowest BCUT2D eigenvalue weighted by Gasteiger charge is -2.30. The molecule has 4 aromatic rings. The summed E-state index contributed by atoms with van der Waals surface area (Å²) in [6, 6.07) is 7.31. The van der Waals surface area contributed by atoms with Crippen molar-refractivity contribution in [2.45, 2.75) is 84.2 Å². The summed E-state index contributed by atoms with van der Waals surface area (Å²) in [6.45, 7) is 8.68. The van der Waals surface area contributed by atoms with Crippen LogP contribution in [0, 0.1) is 17.7 Å². The molecule has 0 radical (unpaired) electrons. The molecule has 2 fully saturated rings. The van der Waals surface area contributed by atoms with Gasteiger partial charge in [0.1, 0.15) is 30.3 Å². The highest BCUT2D eigenvalue weighted by Crippen LogP contribution is 2.44. The molecule has 302 valence electrons. The van der Waals surface area contributed by atoms with Gasteiger partial charge in [0.05, 0.1) is 50.1 Å². The van der Waals surface area contributed by atoms with Crippen molar-refractivity contribution in [3.8, 4) is 39.4 Å². The first kappa shape index (κ1) is 39.3. The number of H-pyrrole nitrogens is 2. The Bertz CT molecular complexity index is 2170. The van der Waals surface area contributed by atoms with Gasteiger partial charge in [-0.3, -0.25) is 9.59 Å². The number of methoxy groups -OCH3 is 2. The fourth-order valence-corrected chi connectivity index (χ4v) is 8.09. The third-order valence-electron chi connectivity index (χ3n) is 11.1. The quantitative estimate of drug-likeness (QED) is 0.144. The van der Waals surface area contributed by atoms with E-state index in [2.05, 4.69) is 30.6 Å². The molecule has 16 heteroatoms. The smallest absolute Gasteiger partial charge is 0.407 e. The van der Waals surface area contributed by atoms with Crippen molar-refractivity contribution in [2.24, 2.45) is 11.8 Å². The topological polar surface area (TPSA) is 184 Å². The van der Waals surface area contributed by atoms with Gasteiger partial charge < -0.3 is 44.6 Å². The predicted molar refractivity (Wildman–Crippen MR) is 207 cm³/mol. The lowest BCUT2D eigenvalue weighted by Crippen LogP contribution is -2.51. The van der Waals surface area contributed by atoms with Crippen LogP contribution in [0.15, 0.2) is 42.7 Å². The van der Waals surface area contributed by atoms with E-state index in [1.807, 2.05) is 52.0 Å². The number of halogens is 1. The van der Waals surface area contributed by atoms with Crippen LogP contribution in [-0.2, 0) is 25.7 Å². The van der Waals surface area contributed by atoms with E-state index in [1.165, 1.54) is 14.2 Å². The molecule has 0 bridgehead atoms. The van der Waals surface area contributed by atoms with Gasteiger partial charge in [0.15, 0.2) is 11.6 Å². The van der Waals surface area contributed by atoms with Crippen molar-refractivity contribution in [1.82, 2.24) is 40.4 Å². The fraction of sp³-hybridized carbons (Fsp3) is 0.463. The van der Waals surface area contributed by atoms with Gasteiger partial charge in [0.25, 0.3) is 0 Å². The summed E-state index contributed by atoms with van der Waals surface area (Å²) in [6.07, 6.45) is 4.96. The largest absolute Gasteiger partial charge is 0.485 e. The number of likely N-dealkylation sites (tertiary alicyclic amines) is 2. The van der Waals surface area contributed by atoms with Crippen LogP contribution >= 0.6 is 0 Å². The number of carbonyl (C=O) groups excluding carboxylic acids is 4. The van der Waals surface area contributed by atoms with Crippen molar-refractivity contribution >= 4 is 24.0 Å². The summed E-state index contributed by atoms with van der Waals surface area (Å²) in [4.78, 5) is 70.5. The molecule has 0 saturated carbocycles. The molecule has 57 heavy (non-hydrogen) atoms. The molecule has 1 unspecified atom stereocenters. The van der Waals surface area contributed by atoms with E-state index in [4.69, 9.17) is 14.2 Å². The molecular formula is C41H49FN8O7. The SMILES string of the molecule is COC(=O)NC(C(=O)N1CCC[C@H]1c1ncc(-c2ccc3c(c2F)OCc2cc(-c4cnc([C@@H]5CCCN5C(=O)[C@@H](NC(=O)OC)C(C)C)[nH]4)ccc2-3)[nH]1)C(C)C. The zero-order valence-electron chi connectivity index (χ0n) is 33.0. The molecule has 0 spiro atoms. The molecule has 15 nitrogen and oxygen atoms in total. The Morgan fingerprint density at radius 3 is 1.82 bits per heavy atom. The number of fused-ring (bicyclic) bond motifs is 3. The first-order valence-corrected chi connectivity index (χ1v) is 19.4. The maximum absolute atomic E-state index is 16.3. The number of nitrogens with zero attached hydrogens (tertiary/aromatic N) is 4. The number of amides is 4. The molecule has 3 aliphatic heterocycles. The number of aromatic amines is 2. The number of alkyl carbamates (subject to hydrolysis) is 2. The first-order valence-electron chi connectivity index (χ1n) is 19.4. The number of nitrogens with one attached hydrogen (secondary N) is 4. The minimum Gasteiger partial charge on any atom is -0.485 e. The van der Waals surface area contributed by atoms with Gasteiger partial charge in [-0.2, -0.15) is 0 Å². The number of rotatable bonds is 10. The summed E-state index contributed by atoms with van der Waals surface area (Å²) >= 11 is 0. The number of benzene rings is 2. The maximum Gasteiger partial charge on any atom is 0.407 e. The molecule has 4 atom stereocenters. The van der Waals surface area contributed by atoms with Gasteiger partial charge in [-0.1, -0.05) is 39.8 Å². The van der Waals surface area contributed by atoms with E-state index in [0.29, 0.717) is 48.0 Å². The molecule has 4 amide bonds. The Morgan fingerprint density at radius 1 is 0.772 bits per heavy atom. The third-order valence-corrected chi connectivity index (χ3v) is 11.1.